The number of phenols is 1. The van der Waals surface area contributed by atoms with E-state index in [9.17, 15) is 9.90 Å². The third-order valence-corrected chi connectivity index (χ3v) is 2.73. The number of hydrogen-bond acceptors (Lipinski definition) is 6. The lowest BCUT2D eigenvalue weighted by molar-refractivity contribution is 0.0426. The van der Waals surface area contributed by atoms with Crippen molar-refractivity contribution in [2.24, 2.45) is 0 Å². The third-order valence-electron chi connectivity index (χ3n) is 2.49. The van der Waals surface area contributed by atoms with Crippen molar-refractivity contribution in [1.82, 2.24) is 10.1 Å². The maximum absolute atomic E-state index is 11.8. The minimum Gasteiger partial charge on any atom is -0.507 e. The average molecular weight is 297 g/mol. The minimum atomic E-state index is -0.686. The SMILES string of the molecule is CCCc1noc(COC(=O)c2ccc(Cl)cc2O)n1. The molecule has 0 amide bonds. The van der Waals surface area contributed by atoms with Crippen molar-refractivity contribution in [3.05, 3.63) is 40.5 Å². The van der Waals surface area contributed by atoms with Crippen LogP contribution >= 0.6 is 11.6 Å². The number of carbonyl (C=O) groups is 1. The van der Waals surface area contributed by atoms with E-state index in [0.29, 0.717) is 17.3 Å². The summed E-state index contributed by atoms with van der Waals surface area (Å²) < 4.78 is 9.92. The molecule has 0 saturated carbocycles. The molecule has 0 atom stereocenters. The van der Waals surface area contributed by atoms with Gasteiger partial charge in [0.05, 0.1) is 0 Å². The fourth-order valence-corrected chi connectivity index (χ4v) is 1.72. The predicted octanol–water partition coefficient (Wildman–Crippen LogP) is 2.74. The Morgan fingerprint density at radius 1 is 1.50 bits per heavy atom. The van der Waals surface area contributed by atoms with Gasteiger partial charge in [-0.25, -0.2) is 4.79 Å². The lowest BCUT2D eigenvalue weighted by Gasteiger charge is -2.04. The van der Waals surface area contributed by atoms with Crippen LogP contribution in [0.1, 0.15) is 35.4 Å². The first-order valence-corrected chi connectivity index (χ1v) is 6.45. The summed E-state index contributed by atoms with van der Waals surface area (Å²) >= 11 is 5.68. The highest BCUT2D eigenvalue weighted by atomic mass is 35.5. The number of benzene rings is 1. The molecule has 0 saturated heterocycles. The molecule has 6 nitrogen and oxygen atoms in total. The van der Waals surface area contributed by atoms with Gasteiger partial charge in [0.25, 0.3) is 5.89 Å². The van der Waals surface area contributed by atoms with Crippen LogP contribution in [0.3, 0.4) is 0 Å². The van der Waals surface area contributed by atoms with Crippen LogP contribution in [0.2, 0.25) is 5.02 Å². The van der Waals surface area contributed by atoms with Gasteiger partial charge in [0.15, 0.2) is 12.4 Å². The molecule has 7 heteroatoms. The quantitative estimate of drug-likeness (QED) is 0.854. The van der Waals surface area contributed by atoms with Crippen molar-refractivity contribution in [2.75, 3.05) is 0 Å². The first-order valence-electron chi connectivity index (χ1n) is 6.07. The number of aromatic hydroxyl groups is 1. The zero-order chi connectivity index (χ0) is 14.5. The summed E-state index contributed by atoms with van der Waals surface area (Å²) in [6, 6.07) is 4.14. The number of esters is 1. The van der Waals surface area contributed by atoms with E-state index >= 15 is 0 Å². The Balaban J connectivity index is 1.97. The van der Waals surface area contributed by atoms with Crippen LogP contribution < -0.4 is 0 Å². The van der Waals surface area contributed by atoms with Crippen molar-refractivity contribution in [3.8, 4) is 5.75 Å². The van der Waals surface area contributed by atoms with Gasteiger partial charge < -0.3 is 14.4 Å². The predicted molar refractivity (Wildman–Crippen MR) is 70.5 cm³/mol. The van der Waals surface area contributed by atoms with Crippen LogP contribution in [0.25, 0.3) is 0 Å². The van der Waals surface area contributed by atoms with E-state index in [4.69, 9.17) is 20.9 Å². The summed E-state index contributed by atoms with van der Waals surface area (Å²) in [6.45, 7) is 1.86. The largest absolute Gasteiger partial charge is 0.507 e. The smallest absolute Gasteiger partial charge is 0.342 e. The summed E-state index contributed by atoms with van der Waals surface area (Å²) in [5.41, 5.74) is 0.0303. The van der Waals surface area contributed by atoms with Gasteiger partial charge in [0, 0.05) is 11.4 Å². The van der Waals surface area contributed by atoms with Crippen LogP contribution in [-0.2, 0) is 17.8 Å². The van der Waals surface area contributed by atoms with Crippen LogP contribution in [0, 0.1) is 0 Å². The van der Waals surface area contributed by atoms with E-state index in [-0.39, 0.29) is 23.8 Å². The highest BCUT2D eigenvalue weighted by Crippen LogP contribution is 2.22. The topological polar surface area (TPSA) is 85.5 Å². The highest BCUT2D eigenvalue weighted by Gasteiger charge is 2.15. The van der Waals surface area contributed by atoms with E-state index in [2.05, 4.69) is 10.1 Å². The highest BCUT2D eigenvalue weighted by molar-refractivity contribution is 6.30. The second-order valence-corrected chi connectivity index (χ2v) is 4.53. The van der Waals surface area contributed by atoms with Gasteiger partial charge in [-0.15, -0.1) is 0 Å². The monoisotopic (exact) mass is 296 g/mol. The van der Waals surface area contributed by atoms with Gasteiger partial charge in [-0.3, -0.25) is 0 Å². The minimum absolute atomic E-state index is 0.0303. The summed E-state index contributed by atoms with van der Waals surface area (Å²) in [5, 5.41) is 13.7. The second-order valence-electron chi connectivity index (χ2n) is 4.09. The Hall–Kier alpha value is -2.08. The molecule has 0 aliphatic heterocycles. The second kappa shape index (κ2) is 6.38. The maximum atomic E-state index is 11.8. The van der Waals surface area contributed by atoms with Crippen molar-refractivity contribution >= 4 is 17.6 Å². The molecule has 106 valence electrons. The molecule has 0 spiro atoms. The number of carbonyl (C=O) groups excluding carboxylic acids is 1. The summed E-state index contributed by atoms with van der Waals surface area (Å²) in [4.78, 5) is 15.8. The molecule has 1 aromatic heterocycles. The van der Waals surface area contributed by atoms with Gasteiger partial charge >= 0.3 is 5.97 Å². The number of aromatic nitrogens is 2. The van der Waals surface area contributed by atoms with Crippen molar-refractivity contribution in [1.29, 1.82) is 0 Å². The molecule has 1 N–H and O–H groups in total. The van der Waals surface area contributed by atoms with Crippen molar-refractivity contribution in [3.63, 3.8) is 0 Å². The molecule has 0 fully saturated rings. The fraction of sp³-hybridized carbons (Fsp3) is 0.308. The summed E-state index contributed by atoms with van der Waals surface area (Å²) in [6.07, 6.45) is 1.60. The molecule has 0 bridgehead atoms. The van der Waals surface area contributed by atoms with Gasteiger partial charge in [-0.2, -0.15) is 4.98 Å². The molecule has 0 aliphatic rings. The van der Waals surface area contributed by atoms with Crippen LogP contribution in [0.4, 0.5) is 0 Å². The van der Waals surface area contributed by atoms with Crippen molar-refractivity contribution in [2.45, 2.75) is 26.4 Å². The van der Waals surface area contributed by atoms with Crippen LogP contribution in [-0.4, -0.2) is 21.2 Å². The van der Waals surface area contributed by atoms with Crippen LogP contribution in [0.5, 0.6) is 5.75 Å². The molecular formula is C13H13ClN2O4. The van der Waals surface area contributed by atoms with Crippen molar-refractivity contribution < 1.29 is 19.2 Å². The number of halogens is 1. The van der Waals surface area contributed by atoms with E-state index in [0.717, 1.165) is 6.42 Å². The number of phenolic OH excluding ortho intramolecular Hbond substituents is 1. The normalized spacial score (nSPS) is 10.5. The molecular weight excluding hydrogens is 284 g/mol. The Bertz CT molecular complexity index is 612. The first-order chi connectivity index (χ1) is 9.60. The average Bonchev–Trinajstić information content (AvgIpc) is 2.84. The molecule has 20 heavy (non-hydrogen) atoms. The van der Waals surface area contributed by atoms with E-state index in [1.54, 1.807) is 0 Å². The van der Waals surface area contributed by atoms with E-state index in [1.165, 1.54) is 18.2 Å². The lowest BCUT2D eigenvalue weighted by Crippen LogP contribution is -2.05. The van der Waals surface area contributed by atoms with Gasteiger partial charge in [-0.1, -0.05) is 23.7 Å². The number of aryl methyl sites for hydroxylation is 1. The van der Waals surface area contributed by atoms with Gasteiger partial charge in [-0.05, 0) is 24.6 Å². The zero-order valence-corrected chi connectivity index (χ0v) is 11.6. The Morgan fingerprint density at radius 3 is 3.00 bits per heavy atom. The third kappa shape index (κ3) is 3.48. The molecule has 2 aromatic rings. The molecule has 1 heterocycles. The first kappa shape index (κ1) is 14.3. The molecule has 2 rings (SSSR count). The molecule has 0 unspecified atom stereocenters. The lowest BCUT2D eigenvalue weighted by atomic mass is 10.2. The number of ether oxygens (including phenoxy) is 1. The van der Waals surface area contributed by atoms with E-state index in [1.807, 2.05) is 6.92 Å². The number of hydrogen-bond donors (Lipinski definition) is 1. The summed E-state index contributed by atoms with van der Waals surface area (Å²) in [5.74, 6) is -0.128. The molecule has 1 aromatic carbocycles. The fourth-order valence-electron chi connectivity index (χ4n) is 1.56. The Kier molecular flexibility index (Phi) is 4.57. The Morgan fingerprint density at radius 2 is 2.30 bits per heavy atom. The number of rotatable bonds is 5. The van der Waals surface area contributed by atoms with Crippen LogP contribution in [0.15, 0.2) is 22.7 Å². The maximum Gasteiger partial charge on any atom is 0.342 e. The summed E-state index contributed by atoms with van der Waals surface area (Å²) in [7, 11) is 0. The number of nitrogens with zero attached hydrogens (tertiary/aromatic N) is 2. The van der Waals surface area contributed by atoms with Gasteiger partial charge in [0.1, 0.15) is 11.3 Å². The zero-order valence-electron chi connectivity index (χ0n) is 10.8. The molecule has 0 radical (unpaired) electrons. The Labute approximate surface area is 120 Å². The van der Waals surface area contributed by atoms with Gasteiger partial charge in [0.2, 0.25) is 0 Å². The molecule has 0 aliphatic carbocycles. The van der Waals surface area contributed by atoms with E-state index < -0.39 is 5.97 Å². The standard InChI is InChI=1S/C13H13ClN2O4/c1-2-3-11-15-12(20-16-11)7-19-13(18)9-5-4-8(14)6-10(9)17/h4-6,17H,2-3,7H2,1H3.